The van der Waals surface area contributed by atoms with Crippen molar-refractivity contribution >= 4 is 27.3 Å². The highest BCUT2D eigenvalue weighted by molar-refractivity contribution is 7.85. The molecule has 0 spiro atoms. The van der Waals surface area contributed by atoms with Crippen molar-refractivity contribution in [1.29, 1.82) is 0 Å². The molecule has 27 heavy (non-hydrogen) atoms. The third kappa shape index (κ3) is 2.62. The van der Waals surface area contributed by atoms with Gasteiger partial charge in [-0.1, -0.05) is 6.92 Å². The van der Waals surface area contributed by atoms with E-state index in [1.54, 1.807) is 4.68 Å². The quantitative estimate of drug-likeness (QED) is 0.531. The van der Waals surface area contributed by atoms with Crippen LogP contribution in [0.25, 0.3) is 22.4 Å². The number of pyridine rings is 1. The van der Waals surface area contributed by atoms with E-state index in [-0.39, 0.29) is 0 Å². The molecule has 4 rings (SSSR count). The molecule has 1 unspecified atom stereocenters. The van der Waals surface area contributed by atoms with Gasteiger partial charge in [-0.15, -0.1) is 0 Å². The smallest absolute Gasteiger partial charge is 0.173 e. The first-order valence-electron chi connectivity index (χ1n) is 9.16. The summed E-state index contributed by atoms with van der Waals surface area (Å²) in [4.78, 5) is 4.75. The van der Waals surface area contributed by atoms with Gasteiger partial charge >= 0.3 is 0 Å². The molecule has 0 radical (unpaired) electrons. The predicted octanol–water partition coefficient (Wildman–Crippen LogP) is 4.34. The molecule has 0 aliphatic carbocycles. The van der Waals surface area contributed by atoms with Gasteiger partial charge in [0.2, 0.25) is 0 Å². The fraction of sp³-hybridized carbons (Fsp3) is 0.333. The number of hydrogen-bond donors (Lipinski definition) is 0. The zero-order chi connectivity index (χ0) is 19.5. The molecule has 0 aliphatic rings. The molecule has 4 aromatic rings. The minimum Gasteiger partial charge on any atom is -0.305 e. The van der Waals surface area contributed by atoms with Gasteiger partial charge in [0.25, 0.3) is 0 Å². The molecule has 140 valence electrons. The summed E-state index contributed by atoms with van der Waals surface area (Å²) < 4.78 is 16.8. The van der Waals surface area contributed by atoms with Crippen LogP contribution in [0.2, 0.25) is 0 Å². The van der Waals surface area contributed by atoms with Crippen LogP contribution in [0.5, 0.6) is 0 Å². The Bertz CT molecular complexity index is 1230. The molecule has 0 saturated carbocycles. The summed E-state index contributed by atoms with van der Waals surface area (Å²) in [7, 11) is -1.15. The molecule has 1 atom stereocenters. The van der Waals surface area contributed by atoms with E-state index < -0.39 is 10.8 Å². The molecule has 0 bridgehead atoms. The average molecular weight is 381 g/mol. The van der Waals surface area contributed by atoms with Crippen LogP contribution in [0.3, 0.4) is 0 Å². The summed E-state index contributed by atoms with van der Waals surface area (Å²) in [6.45, 7) is 12.4. The van der Waals surface area contributed by atoms with E-state index in [4.69, 9.17) is 10.1 Å². The molecule has 3 aromatic heterocycles. The number of rotatable bonds is 3. The van der Waals surface area contributed by atoms with Crippen molar-refractivity contribution in [3.8, 4) is 5.82 Å². The SMILES string of the molecule is CCS(=O)c1c2c(C)c(C)c(C)c(C)c2nn1-c1cn2ccc(C)cc2n1. The summed E-state index contributed by atoms with van der Waals surface area (Å²) in [5.41, 5.74) is 7.69. The van der Waals surface area contributed by atoms with Crippen molar-refractivity contribution in [2.45, 2.75) is 46.6 Å². The summed E-state index contributed by atoms with van der Waals surface area (Å²) in [6, 6.07) is 4.08. The second-order valence-electron chi connectivity index (χ2n) is 7.14. The second-order valence-corrected chi connectivity index (χ2v) is 8.80. The van der Waals surface area contributed by atoms with E-state index in [0.29, 0.717) is 11.6 Å². The van der Waals surface area contributed by atoms with Gasteiger partial charge in [0.15, 0.2) is 5.82 Å². The minimum absolute atomic E-state index is 0.540. The van der Waals surface area contributed by atoms with E-state index in [9.17, 15) is 4.21 Å². The molecule has 0 saturated heterocycles. The molecule has 5 nitrogen and oxygen atoms in total. The van der Waals surface area contributed by atoms with E-state index >= 15 is 0 Å². The highest BCUT2D eigenvalue weighted by Gasteiger charge is 2.24. The molecular weight excluding hydrogens is 356 g/mol. The molecule has 3 heterocycles. The Hall–Kier alpha value is -2.47. The van der Waals surface area contributed by atoms with Crippen molar-refractivity contribution in [1.82, 2.24) is 19.2 Å². The van der Waals surface area contributed by atoms with Crippen molar-refractivity contribution < 1.29 is 4.21 Å². The third-order valence-corrected chi connectivity index (χ3v) is 6.89. The third-order valence-electron chi connectivity index (χ3n) is 5.56. The Labute approximate surface area is 161 Å². The van der Waals surface area contributed by atoms with Gasteiger partial charge in [-0.05, 0) is 74.6 Å². The van der Waals surface area contributed by atoms with E-state index in [2.05, 4.69) is 27.7 Å². The first kappa shape index (κ1) is 17.9. The van der Waals surface area contributed by atoms with Gasteiger partial charge in [-0.25, -0.2) is 9.67 Å². The lowest BCUT2D eigenvalue weighted by Crippen LogP contribution is -2.06. The van der Waals surface area contributed by atoms with Crippen LogP contribution >= 0.6 is 0 Å². The zero-order valence-corrected chi connectivity index (χ0v) is 17.4. The number of aromatic nitrogens is 4. The Balaban J connectivity index is 2.11. The number of hydrogen-bond acceptors (Lipinski definition) is 3. The van der Waals surface area contributed by atoms with Gasteiger partial charge in [0, 0.05) is 17.3 Å². The fourth-order valence-corrected chi connectivity index (χ4v) is 4.68. The van der Waals surface area contributed by atoms with Crippen molar-refractivity contribution in [3.63, 3.8) is 0 Å². The molecule has 1 aromatic carbocycles. The summed E-state index contributed by atoms with van der Waals surface area (Å²) in [6.07, 6.45) is 3.94. The van der Waals surface area contributed by atoms with Crippen molar-refractivity contribution in [3.05, 3.63) is 52.3 Å². The maximum absolute atomic E-state index is 13.0. The maximum Gasteiger partial charge on any atom is 0.173 e. The van der Waals surface area contributed by atoms with E-state index in [0.717, 1.165) is 38.3 Å². The van der Waals surface area contributed by atoms with Crippen LogP contribution in [0, 0.1) is 34.6 Å². The summed E-state index contributed by atoms with van der Waals surface area (Å²) in [5.74, 6) is 1.24. The minimum atomic E-state index is -1.15. The first-order valence-corrected chi connectivity index (χ1v) is 10.5. The lowest BCUT2D eigenvalue weighted by Gasteiger charge is -2.10. The van der Waals surface area contributed by atoms with Gasteiger partial charge in [0.05, 0.1) is 22.5 Å². The topological polar surface area (TPSA) is 52.2 Å². The largest absolute Gasteiger partial charge is 0.305 e. The van der Waals surface area contributed by atoms with E-state index in [1.807, 2.05) is 42.8 Å². The Morgan fingerprint density at radius 2 is 1.74 bits per heavy atom. The Morgan fingerprint density at radius 1 is 1.04 bits per heavy atom. The van der Waals surface area contributed by atoms with Crippen LogP contribution in [-0.2, 0) is 10.8 Å². The lowest BCUT2D eigenvalue weighted by molar-refractivity contribution is 0.673. The highest BCUT2D eigenvalue weighted by Crippen LogP contribution is 2.34. The summed E-state index contributed by atoms with van der Waals surface area (Å²) >= 11 is 0. The average Bonchev–Trinajstić information content (AvgIpc) is 3.25. The van der Waals surface area contributed by atoms with Crippen LogP contribution in [0.1, 0.15) is 34.7 Å². The number of imidazole rings is 1. The lowest BCUT2D eigenvalue weighted by atomic mass is 9.96. The van der Waals surface area contributed by atoms with Crippen molar-refractivity contribution in [2.75, 3.05) is 5.75 Å². The normalized spacial score (nSPS) is 13.0. The molecule has 0 fully saturated rings. The number of fused-ring (bicyclic) bond motifs is 2. The molecular formula is C21H24N4OS. The van der Waals surface area contributed by atoms with E-state index in [1.165, 1.54) is 11.1 Å². The van der Waals surface area contributed by atoms with Crippen LogP contribution < -0.4 is 0 Å². The van der Waals surface area contributed by atoms with Crippen LogP contribution in [0.15, 0.2) is 29.6 Å². The standard InChI is InChI=1S/C21H24N4OS/c1-7-27(26)21-19-15(5)13(3)14(4)16(6)20(19)23-25(21)18-11-24-9-8-12(2)10-17(24)22-18/h8-11H,7H2,1-6H3. The maximum atomic E-state index is 13.0. The van der Waals surface area contributed by atoms with Gasteiger partial charge < -0.3 is 4.40 Å². The Kier molecular flexibility index (Phi) is 4.18. The monoisotopic (exact) mass is 380 g/mol. The number of benzene rings is 1. The highest BCUT2D eigenvalue weighted by atomic mass is 32.2. The predicted molar refractivity (Wildman–Crippen MR) is 110 cm³/mol. The fourth-order valence-electron chi connectivity index (χ4n) is 3.61. The molecule has 0 aliphatic heterocycles. The Morgan fingerprint density at radius 3 is 2.44 bits per heavy atom. The summed E-state index contributed by atoms with van der Waals surface area (Å²) in [5, 5.41) is 6.63. The number of aryl methyl sites for hydroxylation is 3. The molecule has 0 N–H and O–H groups in total. The van der Waals surface area contributed by atoms with Gasteiger partial charge in [-0.2, -0.15) is 5.10 Å². The number of nitrogens with zero attached hydrogens (tertiary/aromatic N) is 4. The van der Waals surface area contributed by atoms with Gasteiger partial charge in [-0.3, -0.25) is 4.21 Å². The second kappa shape index (κ2) is 6.30. The molecule has 0 amide bonds. The van der Waals surface area contributed by atoms with Crippen LogP contribution in [0.4, 0.5) is 0 Å². The van der Waals surface area contributed by atoms with Crippen LogP contribution in [-0.4, -0.2) is 29.1 Å². The van der Waals surface area contributed by atoms with Gasteiger partial charge in [0.1, 0.15) is 10.7 Å². The first-order chi connectivity index (χ1) is 12.8. The zero-order valence-electron chi connectivity index (χ0n) is 16.6. The van der Waals surface area contributed by atoms with Crippen molar-refractivity contribution in [2.24, 2.45) is 0 Å². The molecule has 6 heteroatoms.